The number of rotatable bonds is 8. The first-order valence-electron chi connectivity index (χ1n) is 6.25. The van der Waals surface area contributed by atoms with Crippen molar-refractivity contribution in [3.8, 4) is 0 Å². The standard InChI is InChI=1S/C9H22N4O5S2/c1-18-6-4-11-20(16,17)13-5-2-3-9(8-13)7-12-19(10,14)15/h9,11-12H,2-8H2,1H3,(H2,10,14,15). The number of hydrogen-bond acceptors (Lipinski definition) is 5. The maximum Gasteiger partial charge on any atom is 0.279 e. The highest BCUT2D eigenvalue weighted by Crippen LogP contribution is 2.18. The van der Waals surface area contributed by atoms with Crippen molar-refractivity contribution in [3.63, 3.8) is 0 Å². The van der Waals surface area contributed by atoms with Gasteiger partial charge < -0.3 is 4.74 Å². The molecule has 0 aliphatic carbocycles. The Balaban J connectivity index is 2.51. The van der Waals surface area contributed by atoms with E-state index in [4.69, 9.17) is 9.88 Å². The average Bonchev–Trinajstić information content (AvgIpc) is 2.36. The highest BCUT2D eigenvalue weighted by Gasteiger charge is 2.28. The van der Waals surface area contributed by atoms with Crippen LogP contribution in [-0.2, 0) is 25.2 Å². The van der Waals surface area contributed by atoms with Gasteiger partial charge in [0.05, 0.1) is 6.61 Å². The molecule has 0 radical (unpaired) electrons. The predicted molar refractivity (Wildman–Crippen MR) is 74.2 cm³/mol. The van der Waals surface area contributed by atoms with Crippen LogP contribution in [0.5, 0.6) is 0 Å². The van der Waals surface area contributed by atoms with Gasteiger partial charge in [0.25, 0.3) is 20.4 Å². The quantitative estimate of drug-likeness (QED) is 0.442. The molecule has 1 unspecified atom stereocenters. The van der Waals surface area contributed by atoms with Gasteiger partial charge >= 0.3 is 0 Å². The fourth-order valence-electron chi connectivity index (χ4n) is 2.01. The second-order valence-electron chi connectivity index (χ2n) is 4.65. The molecule has 1 rings (SSSR count). The molecule has 0 spiro atoms. The summed E-state index contributed by atoms with van der Waals surface area (Å²) >= 11 is 0. The van der Waals surface area contributed by atoms with Crippen LogP contribution in [0.25, 0.3) is 0 Å². The molecule has 0 saturated carbocycles. The van der Waals surface area contributed by atoms with E-state index < -0.39 is 20.4 Å². The van der Waals surface area contributed by atoms with E-state index in [-0.39, 0.29) is 25.6 Å². The van der Waals surface area contributed by atoms with Crippen LogP contribution in [0.4, 0.5) is 0 Å². The maximum absolute atomic E-state index is 12.0. The monoisotopic (exact) mass is 330 g/mol. The molecule has 1 heterocycles. The maximum atomic E-state index is 12.0. The summed E-state index contributed by atoms with van der Waals surface area (Å²) < 4.78 is 56.4. The molecule has 0 bridgehead atoms. The fourth-order valence-corrected chi connectivity index (χ4v) is 3.78. The topological polar surface area (TPSA) is 131 Å². The molecule has 0 amide bonds. The van der Waals surface area contributed by atoms with Crippen LogP contribution in [0.1, 0.15) is 12.8 Å². The molecule has 1 aliphatic rings. The molecule has 120 valence electrons. The zero-order chi connectivity index (χ0) is 15.2. The summed E-state index contributed by atoms with van der Waals surface area (Å²) in [5, 5.41) is 4.86. The molecule has 1 atom stereocenters. The van der Waals surface area contributed by atoms with E-state index in [1.54, 1.807) is 0 Å². The number of methoxy groups -OCH3 is 1. The van der Waals surface area contributed by atoms with Crippen LogP contribution in [-0.4, -0.2) is 61.0 Å². The largest absolute Gasteiger partial charge is 0.383 e. The van der Waals surface area contributed by atoms with E-state index in [1.807, 2.05) is 0 Å². The van der Waals surface area contributed by atoms with Gasteiger partial charge in [-0.1, -0.05) is 0 Å². The van der Waals surface area contributed by atoms with E-state index >= 15 is 0 Å². The Morgan fingerprint density at radius 1 is 1.30 bits per heavy atom. The zero-order valence-corrected chi connectivity index (χ0v) is 13.0. The van der Waals surface area contributed by atoms with Crippen LogP contribution >= 0.6 is 0 Å². The van der Waals surface area contributed by atoms with Gasteiger partial charge in [-0.25, -0.2) is 9.86 Å². The van der Waals surface area contributed by atoms with Gasteiger partial charge in [-0.3, -0.25) is 0 Å². The molecular weight excluding hydrogens is 308 g/mol. The van der Waals surface area contributed by atoms with Crippen LogP contribution < -0.4 is 14.6 Å². The van der Waals surface area contributed by atoms with Crippen molar-refractivity contribution in [2.24, 2.45) is 11.1 Å². The van der Waals surface area contributed by atoms with Gasteiger partial charge in [0.1, 0.15) is 0 Å². The summed E-state index contributed by atoms with van der Waals surface area (Å²) in [6, 6.07) is 0. The van der Waals surface area contributed by atoms with Gasteiger partial charge in [-0.15, -0.1) is 0 Å². The Labute approximate surface area is 120 Å². The first kappa shape index (κ1) is 17.8. The molecule has 1 aliphatic heterocycles. The molecule has 0 aromatic heterocycles. The molecular formula is C9H22N4O5S2. The van der Waals surface area contributed by atoms with E-state index in [2.05, 4.69) is 9.44 Å². The van der Waals surface area contributed by atoms with Gasteiger partial charge in [0.2, 0.25) is 0 Å². The Hall–Kier alpha value is -0.300. The van der Waals surface area contributed by atoms with E-state index in [0.29, 0.717) is 19.6 Å². The number of piperidine rings is 1. The van der Waals surface area contributed by atoms with Gasteiger partial charge in [0, 0.05) is 33.3 Å². The minimum atomic E-state index is -3.74. The van der Waals surface area contributed by atoms with E-state index in [0.717, 1.165) is 6.42 Å². The van der Waals surface area contributed by atoms with Crippen molar-refractivity contribution in [2.75, 3.05) is 39.9 Å². The lowest BCUT2D eigenvalue weighted by Crippen LogP contribution is -2.48. The lowest BCUT2D eigenvalue weighted by molar-refractivity contribution is 0.202. The lowest BCUT2D eigenvalue weighted by Gasteiger charge is -2.31. The molecule has 4 N–H and O–H groups in total. The smallest absolute Gasteiger partial charge is 0.279 e. The summed E-state index contributed by atoms with van der Waals surface area (Å²) in [6.07, 6.45) is 1.44. The van der Waals surface area contributed by atoms with Crippen molar-refractivity contribution in [2.45, 2.75) is 12.8 Å². The number of nitrogens with two attached hydrogens (primary N) is 1. The highest BCUT2D eigenvalue weighted by atomic mass is 32.2. The normalized spacial score (nSPS) is 22.0. The third kappa shape index (κ3) is 6.43. The molecule has 0 aromatic carbocycles. The third-order valence-corrected chi connectivity index (χ3v) is 5.13. The summed E-state index contributed by atoms with van der Waals surface area (Å²) in [4.78, 5) is 0. The first-order chi connectivity index (χ1) is 9.24. The van der Waals surface area contributed by atoms with Crippen molar-refractivity contribution in [1.82, 2.24) is 13.7 Å². The Morgan fingerprint density at radius 3 is 2.60 bits per heavy atom. The number of nitrogens with one attached hydrogen (secondary N) is 2. The van der Waals surface area contributed by atoms with E-state index in [9.17, 15) is 16.8 Å². The van der Waals surface area contributed by atoms with Crippen molar-refractivity contribution in [1.29, 1.82) is 0 Å². The van der Waals surface area contributed by atoms with Crippen molar-refractivity contribution in [3.05, 3.63) is 0 Å². The molecule has 1 fully saturated rings. The number of hydrogen-bond donors (Lipinski definition) is 3. The van der Waals surface area contributed by atoms with Gasteiger partial charge in [-0.2, -0.15) is 25.9 Å². The van der Waals surface area contributed by atoms with E-state index in [1.165, 1.54) is 11.4 Å². The van der Waals surface area contributed by atoms with Crippen LogP contribution in [0.3, 0.4) is 0 Å². The zero-order valence-electron chi connectivity index (χ0n) is 11.4. The second kappa shape index (κ2) is 7.64. The average molecular weight is 330 g/mol. The number of ether oxygens (including phenoxy) is 1. The summed E-state index contributed by atoms with van der Waals surface area (Å²) in [6.45, 7) is 1.33. The summed E-state index contributed by atoms with van der Waals surface area (Å²) in [5.74, 6) is -0.0823. The minimum Gasteiger partial charge on any atom is -0.383 e. The SMILES string of the molecule is COCCNS(=O)(=O)N1CCCC(CNS(N)(=O)=O)C1. The Morgan fingerprint density at radius 2 is 2.00 bits per heavy atom. The lowest BCUT2D eigenvalue weighted by atomic mass is 10.0. The predicted octanol–water partition coefficient (Wildman–Crippen LogP) is -2.03. The molecule has 11 heteroatoms. The highest BCUT2D eigenvalue weighted by molar-refractivity contribution is 7.87. The minimum absolute atomic E-state index is 0.0823. The Kier molecular flexibility index (Phi) is 6.78. The second-order valence-corrected chi connectivity index (χ2v) is 7.79. The Bertz CT molecular complexity index is 492. The fraction of sp³-hybridized carbons (Fsp3) is 1.00. The molecule has 9 nitrogen and oxygen atoms in total. The first-order valence-corrected chi connectivity index (χ1v) is 9.24. The molecule has 20 heavy (non-hydrogen) atoms. The molecule has 1 saturated heterocycles. The van der Waals surface area contributed by atoms with Gasteiger partial charge in [0.15, 0.2) is 0 Å². The summed E-state index contributed by atoms with van der Waals surface area (Å²) in [7, 11) is -5.80. The van der Waals surface area contributed by atoms with Crippen LogP contribution in [0, 0.1) is 5.92 Å². The molecule has 0 aromatic rings. The van der Waals surface area contributed by atoms with Crippen molar-refractivity contribution < 1.29 is 21.6 Å². The van der Waals surface area contributed by atoms with Crippen LogP contribution in [0.15, 0.2) is 0 Å². The van der Waals surface area contributed by atoms with Crippen molar-refractivity contribution >= 4 is 20.4 Å². The van der Waals surface area contributed by atoms with Gasteiger partial charge in [-0.05, 0) is 18.8 Å². The number of nitrogens with zero attached hydrogens (tertiary/aromatic N) is 1. The van der Waals surface area contributed by atoms with Crippen LogP contribution in [0.2, 0.25) is 0 Å². The third-order valence-electron chi connectivity index (χ3n) is 2.99. The summed E-state index contributed by atoms with van der Waals surface area (Å²) in [5.41, 5.74) is 0.